The van der Waals surface area contributed by atoms with E-state index in [2.05, 4.69) is 26.1 Å². The zero-order valence-corrected chi connectivity index (χ0v) is 22.0. The predicted molar refractivity (Wildman–Crippen MR) is 140 cm³/mol. The number of likely N-dealkylation sites (tertiary alicyclic amines) is 1. The maximum atomic E-state index is 13.6. The fraction of sp³-hybridized carbons (Fsp3) is 0.429. The SMILES string of the molecule is O=C(Nc1ccc(Br)cc1C(=O)O)C1=C(O)[C@@H]2Oc3c(O)ccc4c3[C@@]23CCN(CC2CC2)[C@H](C4)[C@]3(O)C1. The first-order chi connectivity index (χ1) is 18.1. The van der Waals surface area contributed by atoms with Crippen LogP contribution in [0.5, 0.6) is 11.5 Å². The Labute approximate surface area is 226 Å². The van der Waals surface area contributed by atoms with E-state index >= 15 is 0 Å². The van der Waals surface area contributed by atoms with Crippen molar-refractivity contribution in [2.45, 2.75) is 55.3 Å². The molecule has 0 aromatic heterocycles. The number of aliphatic hydroxyl groups is 2. The number of aliphatic hydroxyl groups excluding tert-OH is 1. The van der Waals surface area contributed by atoms with Crippen molar-refractivity contribution in [1.82, 2.24) is 4.90 Å². The van der Waals surface area contributed by atoms with Gasteiger partial charge < -0.3 is 30.5 Å². The lowest BCUT2D eigenvalue weighted by molar-refractivity contribution is -0.172. The van der Waals surface area contributed by atoms with Crippen LogP contribution in [0.3, 0.4) is 0 Å². The lowest BCUT2D eigenvalue weighted by Crippen LogP contribution is -2.75. The molecule has 1 amide bonds. The van der Waals surface area contributed by atoms with Crippen LogP contribution < -0.4 is 10.1 Å². The van der Waals surface area contributed by atoms with Gasteiger partial charge in [0.1, 0.15) is 5.76 Å². The number of phenolic OH excluding ortho intramolecular Hbond substituents is 1. The highest BCUT2D eigenvalue weighted by Crippen LogP contribution is 2.66. The number of halogens is 1. The number of phenols is 1. The Morgan fingerprint density at radius 3 is 2.71 bits per heavy atom. The van der Waals surface area contributed by atoms with Gasteiger partial charge in [0, 0.05) is 29.0 Å². The van der Waals surface area contributed by atoms with Gasteiger partial charge >= 0.3 is 5.97 Å². The maximum Gasteiger partial charge on any atom is 0.337 e. The summed E-state index contributed by atoms with van der Waals surface area (Å²) in [5, 5.41) is 47.1. The Morgan fingerprint density at radius 1 is 1.18 bits per heavy atom. The molecule has 2 fully saturated rings. The molecule has 10 heteroatoms. The highest BCUT2D eigenvalue weighted by atomic mass is 79.9. The highest BCUT2D eigenvalue weighted by Gasteiger charge is 2.73. The molecule has 5 aliphatic rings. The number of piperidine rings is 1. The number of aromatic carboxylic acids is 1. The van der Waals surface area contributed by atoms with Crippen molar-refractivity contribution in [3.63, 3.8) is 0 Å². The molecule has 9 nitrogen and oxygen atoms in total. The van der Waals surface area contributed by atoms with Crippen molar-refractivity contribution >= 4 is 33.5 Å². The first kappa shape index (κ1) is 24.0. The van der Waals surface area contributed by atoms with Gasteiger partial charge in [-0.1, -0.05) is 22.0 Å². The Balaban J connectivity index is 1.34. The number of hydrogen-bond acceptors (Lipinski definition) is 7. The Morgan fingerprint density at radius 2 is 1.97 bits per heavy atom. The number of amides is 1. The van der Waals surface area contributed by atoms with Gasteiger partial charge in [0.25, 0.3) is 5.91 Å². The third-order valence-electron chi connectivity index (χ3n) is 9.25. The molecular formula is C28H27BrN2O7. The van der Waals surface area contributed by atoms with E-state index in [1.165, 1.54) is 25.0 Å². The van der Waals surface area contributed by atoms with E-state index in [9.17, 15) is 30.0 Å². The average molecular weight is 583 g/mol. The summed E-state index contributed by atoms with van der Waals surface area (Å²) >= 11 is 3.25. The monoisotopic (exact) mass is 582 g/mol. The summed E-state index contributed by atoms with van der Waals surface area (Å²) in [6.07, 6.45) is 2.22. The summed E-state index contributed by atoms with van der Waals surface area (Å²) < 4.78 is 6.75. The number of carboxylic acid groups (broad SMARTS) is 1. The smallest absolute Gasteiger partial charge is 0.337 e. The first-order valence-electron chi connectivity index (χ1n) is 12.9. The van der Waals surface area contributed by atoms with E-state index in [1.807, 2.05) is 6.07 Å². The summed E-state index contributed by atoms with van der Waals surface area (Å²) in [7, 11) is 0. The normalized spacial score (nSPS) is 31.0. The van der Waals surface area contributed by atoms with Gasteiger partial charge in [0.2, 0.25) is 0 Å². The number of aromatic hydroxyl groups is 1. The third kappa shape index (κ3) is 3.11. The number of nitrogens with one attached hydrogen (secondary N) is 1. The Bertz CT molecular complexity index is 1450. The van der Waals surface area contributed by atoms with E-state index in [0.29, 0.717) is 29.8 Å². The van der Waals surface area contributed by atoms with Gasteiger partial charge in [-0.2, -0.15) is 0 Å². The van der Waals surface area contributed by atoms with Crippen LogP contribution in [0.1, 0.15) is 47.2 Å². The number of nitrogens with zero attached hydrogens (tertiary/aromatic N) is 1. The molecular weight excluding hydrogens is 556 g/mol. The molecule has 198 valence electrons. The number of benzene rings is 2. The van der Waals surface area contributed by atoms with Crippen molar-refractivity contribution in [3.8, 4) is 11.5 Å². The molecule has 1 saturated heterocycles. The zero-order chi connectivity index (χ0) is 26.6. The van der Waals surface area contributed by atoms with E-state index in [4.69, 9.17) is 4.74 Å². The fourth-order valence-corrected chi connectivity index (χ4v) is 7.73. The summed E-state index contributed by atoms with van der Waals surface area (Å²) in [5.41, 5.74) is -0.795. The van der Waals surface area contributed by atoms with Crippen molar-refractivity contribution in [2.75, 3.05) is 18.4 Å². The van der Waals surface area contributed by atoms with E-state index in [0.717, 1.165) is 17.7 Å². The van der Waals surface area contributed by atoms with Gasteiger partial charge in [0.05, 0.1) is 27.8 Å². The second-order valence-electron chi connectivity index (χ2n) is 11.2. The Hall–Kier alpha value is -3.08. The first-order valence-corrected chi connectivity index (χ1v) is 13.7. The minimum Gasteiger partial charge on any atom is -0.508 e. The van der Waals surface area contributed by atoms with E-state index in [-0.39, 0.29) is 46.5 Å². The molecule has 2 aromatic carbocycles. The fourth-order valence-electron chi connectivity index (χ4n) is 7.37. The number of rotatable bonds is 5. The molecule has 2 bridgehead atoms. The van der Waals surface area contributed by atoms with Crippen LogP contribution in [0.25, 0.3) is 0 Å². The van der Waals surface area contributed by atoms with Gasteiger partial charge in [-0.25, -0.2) is 4.79 Å². The molecule has 4 atom stereocenters. The molecule has 2 aliphatic heterocycles. The number of anilines is 1. The minimum absolute atomic E-state index is 0.0404. The molecule has 2 heterocycles. The topological polar surface area (TPSA) is 140 Å². The standard InChI is InChI=1S/C28H27BrN2O7/c29-15-4-5-18(16(10-15)26(35)36)30-25(34)17-11-28(37)20-9-14-3-6-19(32)23-21(14)27(28,24(38-23)22(17)33)7-8-31(20)12-13-1-2-13/h3-6,10,13,20,24,32-33,37H,1-2,7-9,11-12H2,(H,30,34)(H,35,36)/t20-,24+,27+,28-/m1/s1. The lowest BCUT2D eigenvalue weighted by atomic mass is 9.49. The van der Waals surface area contributed by atoms with Crippen LogP contribution >= 0.6 is 15.9 Å². The molecule has 38 heavy (non-hydrogen) atoms. The number of ether oxygens (including phenoxy) is 1. The summed E-state index contributed by atoms with van der Waals surface area (Å²) in [5.74, 6) is -1.41. The number of carboxylic acids is 1. The zero-order valence-electron chi connectivity index (χ0n) is 20.4. The van der Waals surface area contributed by atoms with Crippen molar-refractivity contribution in [1.29, 1.82) is 0 Å². The molecule has 5 N–H and O–H groups in total. The van der Waals surface area contributed by atoms with Gasteiger partial charge in [0.15, 0.2) is 17.6 Å². The second kappa shape index (κ2) is 7.97. The predicted octanol–water partition coefficient (Wildman–Crippen LogP) is 3.48. The van der Waals surface area contributed by atoms with Crippen molar-refractivity contribution in [3.05, 3.63) is 62.8 Å². The number of carbonyl (C=O) groups is 2. The molecule has 0 unspecified atom stereocenters. The van der Waals surface area contributed by atoms with Crippen LogP contribution in [0.4, 0.5) is 5.69 Å². The highest BCUT2D eigenvalue weighted by molar-refractivity contribution is 9.10. The van der Waals surface area contributed by atoms with Crippen LogP contribution in [0.15, 0.2) is 46.1 Å². The molecule has 0 radical (unpaired) electrons. The molecule has 2 aromatic rings. The minimum atomic E-state index is -1.44. The lowest BCUT2D eigenvalue weighted by Gasteiger charge is -2.62. The Kier molecular flexibility index (Phi) is 5.03. The van der Waals surface area contributed by atoms with E-state index < -0.39 is 29.0 Å². The van der Waals surface area contributed by atoms with Crippen LogP contribution in [-0.2, 0) is 16.6 Å². The van der Waals surface area contributed by atoms with Crippen molar-refractivity contribution in [2.24, 2.45) is 5.92 Å². The second-order valence-corrected chi connectivity index (χ2v) is 12.2. The van der Waals surface area contributed by atoms with Gasteiger partial charge in [-0.15, -0.1) is 0 Å². The van der Waals surface area contributed by atoms with Crippen molar-refractivity contribution < 1.29 is 34.8 Å². The number of hydrogen-bond donors (Lipinski definition) is 5. The van der Waals surface area contributed by atoms with Crippen LogP contribution in [-0.4, -0.2) is 68.0 Å². The van der Waals surface area contributed by atoms with Gasteiger partial charge in [-0.05, 0) is 68.0 Å². The molecule has 7 rings (SSSR count). The van der Waals surface area contributed by atoms with Crippen LogP contribution in [0, 0.1) is 5.92 Å². The average Bonchev–Trinajstić information content (AvgIpc) is 3.62. The van der Waals surface area contributed by atoms with Gasteiger partial charge in [-0.3, -0.25) is 9.69 Å². The van der Waals surface area contributed by atoms with E-state index in [1.54, 1.807) is 12.1 Å². The number of carbonyl (C=O) groups excluding carboxylic acids is 1. The summed E-state index contributed by atoms with van der Waals surface area (Å²) in [6.45, 7) is 1.58. The largest absolute Gasteiger partial charge is 0.508 e. The molecule has 1 spiro atoms. The molecule has 3 aliphatic carbocycles. The quantitative estimate of drug-likeness (QED) is 0.361. The third-order valence-corrected chi connectivity index (χ3v) is 9.74. The summed E-state index contributed by atoms with van der Waals surface area (Å²) in [4.78, 5) is 27.7. The molecule has 1 saturated carbocycles. The maximum absolute atomic E-state index is 13.6. The van der Waals surface area contributed by atoms with Crippen LogP contribution in [0.2, 0.25) is 0 Å². The summed E-state index contributed by atoms with van der Waals surface area (Å²) in [6, 6.07) is 7.63.